The number of aromatic nitrogens is 1. The summed E-state index contributed by atoms with van der Waals surface area (Å²) in [5.74, 6) is 0.556. The summed E-state index contributed by atoms with van der Waals surface area (Å²) in [6, 6.07) is 15.4. The number of nitriles is 1. The van der Waals surface area contributed by atoms with Gasteiger partial charge in [0.25, 0.3) is 5.56 Å². The molecule has 3 aromatic rings. The molecular formula is C25H25N3O3. The second kappa shape index (κ2) is 9.31. The van der Waals surface area contributed by atoms with Crippen LogP contribution in [0.5, 0.6) is 11.6 Å². The van der Waals surface area contributed by atoms with Crippen molar-refractivity contribution < 1.29 is 9.84 Å². The normalized spacial score (nSPS) is 10.9. The van der Waals surface area contributed by atoms with Crippen LogP contribution in [0.25, 0.3) is 0 Å². The van der Waals surface area contributed by atoms with Gasteiger partial charge in [-0.25, -0.2) is 0 Å². The zero-order chi connectivity index (χ0) is 22.5. The topological polar surface area (TPSA) is 87.6 Å². The van der Waals surface area contributed by atoms with Gasteiger partial charge in [0, 0.05) is 12.8 Å². The van der Waals surface area contributed by atoms with Gasteiger partial charge in [0.1, 0.15) is 17.4 Å². The molecule has 0 amide bonds. The first-order chi connectivity index (χ1) is 14.9. The van der Waals surface area contributed by atoms with Gasteiger partial charge in [-0.1, -0.05) is 30.3 Å². The molecule has 31 heavy (non-hydrogen) atoms. The highest BCUT2D eigenvalue weighted by Crippen LogP contribution is 2.25. The van der Waals surface area contributed by atoms with Crippen molar-refractivity contribution in [3.63, 3.8) is 0 Å². The Kier molecular flexibility index (Phi) is 6.56. The number of aryl methyl sites for hydroxylation is 3. The van der Waals surface area contributed by atoms with Gasteiger partial charge in [0.2, 0.25) is 5.88 Å². The van der Waals surface area contributed by atoms with E-state index in [1.54, 1.807) is 14.0 Å². The van der Waals surface area contributed by atoms with Crippen LogP contribution in [0.1, 0.15) is 33.4 Å². The second-order valence-electron chi connectivity index (χ2n) is 7.40. The van der Waals surface area contributed by atoms with Gasteiger partial charge in [-0.3, -0.25) is 14.4 Å². The standard InChI is InChI=1S/C25H25N3O3/c1-16-6-5-7-17(2)23(16)27-15-22-18(3)21(14-26)24(29)28(25(22)30)13-12-19-8-10-20(31-4)11-9-19/h5-11,15,30H,12-13H2,1-4H3. The minimum absolute atomic E-state index is 0.00971. The van der Waals surface area contributed by atoms with E-state index in [-0.39, 0.29) is 18.0 Å². The molecule has 0 aliphatic rings. The van der Waals surface area contributed by atoms with E-state index in [9.17, 15) is 15.2 Å². The summed E-state index contributed by atoms with van der Waals surface area (Å²) < 4.78 is 6.40. The van der Waals surface area contributed by atoms with E-state index in [4.69, 9.17) is 4.74 Å². The Morgan fingerprint density at radius 3 is 2.35 bits per heavy atom. The first-order valence-corrected chi connectivity index (χ1v) is 9.97. The molecule has 3 rings (SSSR count). The lowest BCUT2D eigenvalue weighted by atomic mass is 10.1. The summed E-state index contributed by atoms with van der Waals surface area (Å²) in [4.78, 5) is 17.4. The Balaban J connectivity index is 2.01. The summed E-state index contributed by atoms with van der Waals surface area (Å²) in [5.41, 5.74) is 4.08. The largest absolute Gasteiger partial charge is 0.497 e. The van der Waals surface area contributed by atoms with E-state index < -0.39 is 5.56 Å². The predicted octanol–water partition coefficient (Wildman–Crippen LogP) is 4.35. The molecule has 1 aromatic heterocycles. The Bertz CT molecular complexity index is 1210. The Hall–Kier alpha value is -3.85. The fourth-order valence-corrected chi connectivity index (χ4v) is 3.50. The number of rotatable bonds is 6. The number of benzene rings is 2. The average molecular weight is 415 g/mol. The van der Waals surface area contributed by atoms with Crippen LogP contribution in [0.4, 0.5) is 5.69 Å². The number of hydrogen-bond donors (Lipinski definition) is 1. The van der Waals surface area contributed by atoms with E-state index in [1.807, 2.05) is 62.4 Å². The zero-order valence-electron chi connectivity index (χ0n) is 18.1. The van der Waals surface area contributed by atoms with E-state index >= 15 is 0 Å². The SMILES string of the molecule is COc1ccc(CCn2c(O)c(C=Nc3c(C)cccc3C)c(C)c(C#N)c2=O)cc1. The van der Waals surface area contributed by atoms with Gasteiger partial charge in [-0.2, -0.15) is 5.26 Å². The highest BCUT2D eigenvalue weighted by atomic mass is 16.5. The minimum atomic E-state index is -0.504. The smallest absolute Gasteiger partial charge is 0.271 e. The molecule has 0 spiro atoms. The molecule has 2 aromatic carbocycles. The van der Waals surface area contributed by atoms with Gasteiger partial charge < -0.3 is 9.84 Å². The fraction of sp³-hybridized carbons (Fsp3) is 0.240. The van der Waals surface area contributed by atoms with Crippen molar-refractivity contribution in [2.75, 3.05) is 7.11 Å². The van der Waals surface area contributed by atoms with Crippen molar-refractivity contribution in [1.82, 2.24) is 4.57 Å². The summed E-state index contributed by atoms with van der Waals surface area (Å²) in [7, 11) is 1.60. The second-order valence-corrected chi connectivity index (χ2v) is 7.40. The molecule has 0 aliphatic heterocycles. The van der Waals surface area contributed by atoms with Crippen molar-refractivity contribution in [2.24, 2.45) is 4.99 Å². The van der Waals surface area contributed by atoms with Crippen LogP contribution < -0.4 is 10.3 Å². The third kappa shape index (κ3) is 4.51. The first-order valence-electron chi connectivity index (χ1n) is 9.97. The third-order valence-electron chi connectivity index (χ3n) is 5.39. The van der Waals surface area contributed by atoms with Crippen molar-refractivity contribution >= 4 is 11.9 Å². The lowest BCUT2D eigenvalue weighted by Gasteiger charge is -2.14. The number of pyridine rings is 1. The maximum absolute atomic E-state index is 12.8. The van der Waals surface area contributed by atoms with E-state index in [0.29, 0.717) is 17.5 Å². The molecule has 1 N–H and O–H groups in total. The van der Waals surface area contributed by atoms with Crippen LogP contribution in [0.15, 0.2) is 52.3 Å². The van der Waals surface area contributed by atoms with Crippen LogP contribution in [-0.4, -0.2) is 23.0 Å². The third-order valence-corrected chi connectivity index (χ3v) is 5.39. The van der Waals surface area contributed by atoms with Crippen molar-refractivity contribution in [2.45, 2.75) is 33.7 Å². The number of nitrogens with zero attached hydrogens (tertiary/aromatic N) is 3. The molecule has 0 fully saturated rings. The van der Waals surface area contributed by atoms with Crippen LogP contribution in [0.3, 0.4) is 0 Å². The first kappa shape index (κ1) is 21.8. The lowest BCUT2D eigenvalue weighted by Crippen LogP contribution is -2.26. The predicted molar refractivity (Wildman–Crippen MR) is 122 cm³/mol. The maximum Gasteiger partial charge on any atom is 0.271 e. The molecule has 158 valence electrons. The number of methoxy groups -OCH3 is 1. The number of hydrogen-bond acceptors (Lipinski definition) is 5. The molecule has 0 bridgehead atoms. The number of aliphatic imine (C=N–C) groups is 1. The molecule has 6 heteroatoms. The Morgan fingerprint density at radius 2 is 1.77 bits per heavy atom. The summed E-state index contributed by atoms with van der Waals surface area (Å²) >= 11 is 0. The molecule has 0 atom stereocenters. The summed E-state index contributed by atoms with van der Waals surface area (Å²) in [6.45, 7) is 5.81. The Labute approximate surface area is 181 Å². The van der Waals surface area contributed by atoms with Gasteiger partial charge in [-0.05, 0) is 61.6 Å². The van der Waals surface area contributed by atoms with E-state index in [2.05, 4.69) is 4.99 Å². The molecule has 0 saturated heterocycles. The number of ether oxygens (including phenoxy) is 1. The van der Waals surface area contributed by atoms with E-state index in [1.165, 1.54) is 10.8 Å². The van der Waals surface area contributed by atoms with Crippen molar-refractivity contribution in [1.29, 1.82) is 5.26 Å². The highest BCUT2D eigenvalue weighted by molar-refractivity contribution is 5.88. The van der Waals surface area contributed by atoms with Gasteiger partial charge in [0.05, 0.1) is 18.4 Å². The molecule has 0 saturated carbocycles. The monoisotopic (exact) mass is 415 g/mol. The molecule has 0 unspecified atom stereocenters. The van der Waals surface area contributed by atoms with Gasteiger partial charge in [-0.15, -0.1) is 0 Å². The van der Waals surface area contributed by atoms with Crippen LogP contribution in [-0.2, 0) is 13.0 Å². The average Bonchev–Trinajstić information content (AvgIpc) is 2.76. The summed E-state index contributed by atoms with van der Waals surface area (Å²) in [6.07, 6.45) is 2.04. The van der Waals surface area contributed by atoms with E-state index in [0.717, 1.165) is 28.1 Å². The Morgan fingerprint density at radius 1 is 1.13 bits per heavy atom. The number of para-hydroxylation sites is 1. The fourth-order valence-electron chi connectivity index (χ4n) is 3.50. The number of aromatic hydroxyl groups is 1. The molecule has 6 nitrogen and oxygen atoms in total. The van der Waals surface area contributed by atoms with Gasteiger partial charge in [0.15, 0.2) is 0 Å². The van der Waals surface area contributed by atoms with Crippen molar-refractivity contribution in [3.8, 4) is 17.7 Å². The van der Waals surface area contributed by atoms with Gasteiger partial charge >= 0.3 is 0 Å². The maximum atomic E-state index is 12.8. The van der Waals surface area contributed by atoms with Crippen LogP contribution in [0, 0.1) is 32.1 Å². The lowest BCUT2D eigenvalue weighted by molar-refractivity contribution is 0.404. The quantitative estimate of drug-likeness (QED) is 0.606. The summed E-state index contributed by atoms with van der Waals surface area (Å²) in [5, 5.41) is 20.4. The zero-order valence-corrected chi connectivity index (χ0v) is 18.1. The molecule has 0 radical (unpaired) electrons. The van der Waals surface area contributed by atoms with Crippen LogP contribution >= 0.6 is 0 Å². The van der Waals surface area contributed by atoms with Crippen molar-refractivity contribution in [3.05, 3.63) is 86.2 Å². The van der Waals surface area contributed by atoms with Crippen LogP contribution in [0.2, 0.25) is 0 Å². The molecule has 1 heterocycles. The molecule has 0 aliphatic carbocycles. The minimum Gasteiger partial charge on any atom is -0.497 e. The molecular weight excluding hydrogens is 390 g/mol. The highest BCUT2D eigenvalue weighted by Gasteiger charge is 2.18.